The van der Waals surface area contributed by atoms with E-state index in [-0.39, 0.29) is 5.92 Å². The Bertz CT molecular complexity index is 609. The Morgan fingerprint density at radius 1 is 1.23 bits per heavy atom. The van der Waals surface area contributed by atoms with E-state index in [0.717, 1.165) is 43.9 Å². The van der Waals surface area contributed by atoms with Gasteiger partial charge in [0.25, 0.3) is 0 Å². The highest BCUT2D eigenvalue weighted by molar-refractivity contribution is 5.54. The van der Waals surface area contributed by atoms with Gasteiger partial charge in [0.1, 0.15) is 6.29 Å². The minimum Gasteiger partial charge on any atom is -0.390 e. The van der Waals surface area contributed by atoms with E-state index in [9.17, 15) is 9.90 Å². The minimum absolute atomic E-state index is 0.195. The zero-order chi connectivity index (χ0) is 18.7. The number of fused-ring (bicyclic) bond motifs is 5. The van der Waals surface area contributed by atoms with Crippen molar-refractivity contribution in [2.24, 2.45) is 40.4 Å². The lowest BCUT2D eigenvalue weighted by atomic mass is 9.47. The van der Waals surface area contributed by atoms with Crippen LogP contribution < -0.4 is 0 Å². The van der Waals surface area contributed by atoms with Crippen molar-refractivity contribution in [3.63, 3.8) is 0 Å². The summed E-state index contributed by atoms with van der Waals surface area (Å²) < 4.78 is 0. The average Bonchev–Trinajstić information content (AvgIpc) is 2.99. The van der Waals surface area contributed by atoms with E-state index in [2.05, 4.69) is 33.8 Å². The van der Waals surface area contributed by atoms with Crippen LogP contribution in [0.3, 0.4) is 0 Å². The van der Waals surface area contributed by atoms with Crippen molar-refractivity contribution in [1.82, 2.24) is 0 Å². The van der Waals surface area contributed by atoms with E-state index in [0.29, 0.717) is 22.7 Å². The SMILES string of the molecule is CC[C@]1(O)CC[C@]2(C)C3=CC[C@]4(C)[C@@H]([C@H](C)C=O)CC[C@H]4[C@@H]3CC[C@H]2C1. The van der Waals surface area contributed by atoms with Gasteiger partial charge in [0.15, 0.2) is 0 Å². The summed E-state index contributed by atoms with van der Waals surface area (Å²) in [6.07, 6.45) is 14.1. The van der Waals surface area contributed by atoms with Gasteiger partial charge in [-0.1, -0.05) is 39.3 Å². The predicted molar refractivity (Wildman–Crippen MR) is 106 cm³/mol. The zero-order valence-electron chi connectivity index (χ0n) is 17.3. The molecule has 0 aromatic carbocycles. The van der Waals surface area contributed by atoms with Gasteiger partial charge in [-0.3, -0.25) is 0 Å². The van der Waals surface area contributed by atoms with Crippen LogP contribution in [0.4, 0.5) is 0 Å². The lowest BCUT2D eigenvalue weighted by Gasteiger charge is -2.58. The first-order valence-electron chi connectivity index (χ1n) is 11.2. The van der Waals surface area contributed by atoms with Crippen LogP contribution in [0.2, 0.25) is 0 Å². The van der Waals surface area contributed by atoms with E-state index < -0.39 is 5.60 Å². The summed E-state index contributed by atoms with van der Waals surface area (Å²) >= 11 is 0. The van der Waals surface area contributed by atoms with Crippen molar-refractivity contribution in [3.05, 3.63) is 11.6 Å². The fourth-order valence-electron chi connectivity index (χ4n) is 7.91. The molecular weight excluding hydrogens is 320 g/mol. The number of allylic oxidation sites excluding steroid dienone is 2. The molecule has 3 saturated carbocycles. The number of hydrogen-bond acceptors (Lipinski definition) is 2. The maximum absolute atomic E-state index is 11.5. The molecule has 0 bridgehead atoms. The van der Waals surface area contributed by atoms with Gasteiger partial charge in [0.05, 0.1) is 5.60 Å². The number of hydrogen-bond donors (Lipinski definition) is 1. The van der Waals surface area contributed by atoms with Gasteiger partial charge in [-0.25, -0.2) is 0 Å². The molecule has 0 spiro atoms. The standard InChI is InChI=1S/C24H38O2/c1-5-24(26)13-12-22(3)17(14-24)6-7-18-20-9-8-19(16(2)15-25)23(20,4)11-10-21(18)22/h10,15-20,26H,5-9,11-14H2,1-4H3/t16-,17+,18+,19-,20+,22+,23-,24+/m1/s1. The maximum atomic E-state index is 11.5. The number of carbonyl (C=O) groups is 1. The van der Waals surface area contributed by atoms with Gasteiger partial charge in [-0.15, -0.1) is 0 Å². The average molecular weight is 359 g/mol. The Hall–Kier alpha value is -0.630. The summed E-state index contributed by atoms with van der Waals surface area (Å²) in [5.41, 5.74) is 1.95. The largest absolute Gasteiger partial charge is 0.390 e. The van der Waals surface area contributed by atoms with Crippen LogP contribution in [0.15, 0.2) is 11.6 Å². The van der Waals surface area contributed by atoms with Crippen molar-refractivity contribution < 1.29 is 9.90 Å². The monoisotopic (exact) mass is 358 g/mol. The molecule has 0 amide bonds. The third-order valence-electron chi connectivity index (χ3n) is 9.76. The minimum atomic E-state index is -0.418. The topological polar surface area (TPSA) is 37.3 Å². The molecule has 1 N–H and O–H groups in total. The van der Waals surface area contributed by atoms with Gasteiger partial charge in [-0.2, -0.15) is 0 Å². The van der Waals surface area contributed by atoms with Crippen molar-refractivity contribution in [2.75, 3.05) is 0 Å². The van der Waals surface area contributed by atoms with Crippen LogP contribution >= 0.6 is 0 Å². The third-order valence-corrected chi connectivity index (χ3v) is 9.76. The molecule has 2 nitrogen and oxygen atoms in total. The van der Waals surface area contributed by atoms with E-state index in [1.807, 2.05) is 0 Å². The number of aliphatic hydroxyl groups is 1. The maximum Gasteiger partial charge on any atom is 0.123 e. The van der Waals surface area contributed by atoms with E-state index in [1.54, 1.807) is 5.57 Å². The highest BCUT2D eigenvalue weighted by Crippen LogP contribution is 2.66. The molecule has 26 heavy (non-hydrogen) atoms. The van der Waals surface area contributed by atoms with Crippen molar-refractivity contribution in [1.29, 1.82) is 0 Å². The summed E-state index contributed by atoms with van der Waals surface area (Å²) in [7, 11) is 0. The Labute approximate surface area is 159 Å². The van der Waals surface area contributed by atoms with Gasteiger partial charge in [0.2, 0.25) is 0 Å². The molecule has 0 unspecified atom stereocenters. The van der Waals surface area contributed by atoms with Crippen LogP contribution in [-0.2, 0) is 4.79 Å². The number of aldehydes is 1. The first-order valence-corrected chi connectivity index (χ1v) is 11.2. The van der Waals surface area contributed by atoms with Crippen LogP contribution in [0.1, 0.15) is 85.5 Å². The van der Waals surface area contributed by atoms with Crippen LogP contribution in [0.25, 0.3) is 0 Å². The Morgan fingerprint density at radius 2 is 2.00 bits per heavy atom. The second-order valence-corrected chi connectivity index (χ2v) is 10.7. The van der Waals surface area contributed by atoms with Gasteiger partial charge < -0.3 is 9.90 Å². The molecule has 0 aromatic heterocycles. The first-order chi connectivity index (χ1) is 12.3. The smallest absolute Gasteiger partial charge is 0.123 e. The van der Waals surface area contributed by atoms with Gasteiger partial charge in [0, 0.05) is 5.92 Å². The molecule has 146 valence electrons. The lowest BCUT2D eigenvalue weighted by Crippen LogP contribution is -2.51. The molecule has 3 fully saturated rings. The summed E-state index contributed by atoms with van der Waals surface area (Å²) in [5.74, 6) is 2.90. The van der Waals surface area contributed by atoms with Gasteiger partial charge in [-0.05, 0) is 92.3 Å². The van der Waals surface area contributed by atoms with E-state index in [4.69, 9.17) is 0 Å². The molecule has 0 aromatic rings. The molecular formula is C24H38O2. The molecule has 4 aliphatic carbocycles. The fourth-order valence-corrected chi connectivity index (χ4v) is 7.91. The molecule has 0 radical (unpaired) electrons. The fraction of sp³-hybridized carbons (Fsp3) is 0.875. The lowest BCUT2D eigenvalue weighted by molar-refractivity contribution is -0.113. The summed E-state index contributed by atoms with van der Waals surface area (Å²) in [4.78, 5) is 11.5. The molecule has 0 aliphatic heterocycles. The summed E-state index contributed by atoms with van der Waals surface area (Å²) in [6, 6.07) is 0. The van der Waals surface area contributed by atoms with Crippen LogP contribution in [0.5, 0.6) is 0 Å². The number of carbonyl (C=O) groups excluding carboxylic acids is 1. The Morgan fingerprint density at radius 3 is 2.69 bits per heavy atom. The molecule has 0 saturated heterocycles. The highest BCUT2D eigenvalue weighted by Gasteiger charge is 2.58. The molecule has 4 rings (SSSR count). The number of rotatable bonds is 3. The quantitative estimate of drug-likeness (QED) is 0.531. The normalized spacial score (nSPS) is 51.7. The zero-order valence-corrected chi connectivity index (χ0v) is 17.3. The van der Waals surface area contributed by atoms with Crippen molar-refractivity contribution in [2.45, 2.75) is 91.1 Å². The second kappa shape index (κ2) is 6.19. The van der Waals surface area contributed by atoms with Crippen LogP contribution in [-0.4, -0.2) is 17.0 Å². The summed E-state index contributed by atoms with van der Waals surface area (Å²) in [6.45, 7) is 9.27. The highest BCUT2D eigenvalue weighted by atomic mass is 16.3. The second-order valence-electron chi connectivity index (χ2n) is 10.7. The van der Waals surface area contributed by atoms with Crippen LogP contribution in [0, 0.1) is 40.4 Å². The van der Waals surface area contributed by atoms with E-state index >= 15 is 0 Å². The van der Waals surface area contributed by atoms with E-state index in [1.165, 1.54) is 32.0 Å². The first kappa shape index (κ1) is 18.7. The third kappa shape index (κ3) is 2.50. The van der Waals surface area contributed by atoms with Gasteiger partial charge >= 0.3 is 0 Å². The van der Waals surface area contributed by atoms with Crippen molar-refractivity contribution in [3.8, 4) is 0 Å². The molecule has 0 heterocycles. The molecule has 8 atom stereocenters. The molecule has 2 heteroatoms. The molecule has 4 aliphatic rings. The predicted octanol–water partition coefficient (Wildman–Crippen LogP) is 5.54. The Kier molecular flexibility index (Phi) is 4.46. The Balaban J connectivity index is 1.64. The van der Waals surface area contributed by atoms with Crippen molar-refractivity contribution >= 4 is 6.29 Å². The summed E-state index contributed by atoms with van der Waals surface area (Å²) in [5, 5.41) is 10.9.